The molecule has 3 rings (SSSR count). The average molecular weight is 370 g/mol. The van der Waals surface area contributed by atoms with Crippen LogP contribution in [0.1, 0.15) is 22.3 Å². The van der Waals surface area contributed by atoms with Gasteiger partial charge in [-0.2, -0.15) is 0 Å². The van der Waals surface area contributed by atoms with Gasteiger partial charge in [0, 0.05) is 44.1 Å². The lowest BCUT2D eigenvalue weighted by Gasteiger charge is -2.24. The molecule has 142 valence electrons. The van der Waals surface area contributed by atoms with E-state index in [0.29, 0.717) is 18.9 Å². The summed E-state index contributed by atoms with van der Waals surface area (Å²) in [6, 6.07) is 9.58. The van der Waals surface area contributed by atoms with E-state index >= 15 is 0 Å². The Bertz CT molecular complexity index is 838. The summed E-state index contributed by atoms with van der Waals surface area (Å²) < 4.78 is 4.63. The van der Waals surface area contributed by atoms with Crippen LogP contribution < -0.4 is 9.80 Å². The molecule has 1 aliphatic rings. The normalized spacial score (nSPS) is 14.6. The van der Waals surface area contributed by atoms with Gasteiger partial charge in [0.2, 0.25) is 5.82 Å². The second kappa shape index (κ2) is 8.03. The third-order valence-corrected chi connectivity index (χ3v) is 4.66. The highest BCUT2D eigenvalue weighted by Gasteiger charge is 2.25. The number of methoxy groups -OCH3 is 1. The fourth-order valence-corrected chi connectivity index (χ4v) is 3.20. The van der Waals surface area contributed by atoms with Crippen LogP contribution in [0.3, 0.4) is 0 Å². The predicted octanol–water partition coefficient (Wildman–Crippen LogP) is 2.80. The number of hydrogen-bond donors (Lipinski definition) is 0. The number of aryl methyl sites for hydroxylation is 1. The summed E-state index contributed by atoms with van der Waals surface area (Å²) in [6.45, 7) is 4.93. The van der Waals surface area contributed by atoms with Gasteiger partial charge in [0.15, 0.2) is 0 Å². The van der Waals surface area contributed by atoms with Crippen LogP contribution in [0.5, 0.6) is 0 Å². The minimum absolute atomic E-state index is 0.0732. The predicted molar refractivity (Wildman–Crippen MR) is 102 cm³/mol. The molecule has 0 atom stereocenters. The van der Waals surface area contributed by atoms with Crippen molar-refractivity contribution in [1.29, 1.82) is 0 Å². The molecule has 0 amide bonds. The van der Waals surface area contributed by atoms with Crippen molar-refractivity contribution in [2.75, 3.05) is 43.1 Å². The lowest BCUT2D eigenvalue weighted by Crippen LogP contribution is -2.31. The molecule has 8 nitrogen and oxygen atoms in total. The summed E-state index contributed by atoms with van der Waals surface area (Å²) in [4.78, 5) is 31.0. The highest BCUT2D eigenvalue weighted by atomic mass is 16.6. The molecule has 1 aromatic carbocycles. The van der Waals surface area contributed by atoms with Gasteiger partial charge < -0.3 is 14.5 Å². The van der Waals surface area contributed by atoms with Crippen molar-refractivity contribution in [3.8, 4) is 0 Å². The van der Waals surface area contributed by atoms with Crippen LogP contribution in [0.15, 0.2) is 36.5 Å². The van der Waals surface area contributed by atoms with Crippen LogP contribution in [-0.2, 0) is 4.74 Å². The first kappa shape index (κ1) is 18.6. The van der Waals surface area contributed by atoms with E-state index in [9.17, 15) is 14.9 Å². The minimum Gasteiger partial charge on any atom is -0.465 e. The number of anilines is 2. The fraction of sp³-hybridized carbons (Fsp3) is 0.368. The Labute approximate surface area is 157 Å². The zero-order valence-corrected chi connectivity index (χ0v) is 15.4. The summed E-state index contributed by atoms with van der Waals surface area (Å²) in [5.41, 5.74) is 2.25. The Hall–Kier alpha value is -3.16. The molecule has 1 saturated heterocycles. The van der Waals surface area contributed by atoms with Crippen LogP contribution in [0.25, 0.3) is 0 Å². The Morgan fingerprint density at radius 3 is 2.48 bits per heavy atom. The summed E-state index contributed by atoms with van der Waals surface area (Å²) >= 11 is 0. The number of ether oxygens (including phenoxy) is 1. The molecule has 0 aliphatic carbocycles. The number of benzene rings is 1. The smallest absolute Gasteiger partial charge is 0.339 e. The first-order valence-corrected chi connectivity index (χ1v) is 8.79. The number of carbonyl (C=O) groups is 1. The van der Waals surface area contributed by atoms with E-state index in [1.54, 1.807) is 0 Å². The van der Waals surface area contributed by atoms with Gasteiger partial charge in [-0.25, -0.2) is 9.78 Å². The highest BCUT2D eigenvalue weighted by molar-refractivity contribution is 5.90. The van der Waals surface area contributed by atoms with Crippen molar-refractivity contribution in [2.45, 2.75) is 13.3 Å². The maximum atomic E-state index is 11.6. The quantitative estimate of drug-likeness (QED) is 0.464. The standard InChI is InChI=1S/C19H22N4O4/c1-14-4-6-16(7-5-14)21-8-3-9-22(11-10-21)18-17(23(25)26)12-15(13-20-18)19(24)27-2/h4-7,12-13H,3,8-11H2,1-2H3. The van der Waals surface area contributed by atoms with Crippen molar-refractivity contribution in [3.63, 3.8) is 0 Å². The second-order valence-electron chi connectivity index (χ2n) is 6.48. The molecule has 0 unspecified atom stereocenters. The molecule has 27 heavy (non-hydrogen) atoms. The Kier molecular flexibility index (Phi) is 5.54. The van der Waals surface area contributed by atoms with E-state index in [2.05, 4.69) is 45.8 Å². The molecule has 0 spiro atoms. The molecule has 1 fully saturated rings. The second-order valence-corrected chi connectivity index (χ2v) is 6.48. The summed E-state index contributed by atoms with van der Waals surface area (Å²) in [6.07, 6.45) is 2.18. The van der Waals surface area contributed by atoms with Gasteiger partial charge in [-0.1, -0.05) is 17.7 Å². The van der Waals surface area contributed by atoms with Gasteiger partial charge in [-0.15, -0.1) is 0 Å². The first-order valence-electron chi connectivity index (χ1n) is 8.79. The number of rotatable bonds is 4. The molecule has 1 aliphatic heterocycles. The van der Waals surface area contributed by atoms with Crippen molar-refractivity contribution in [2.24, 2.45) is 0 Å². The van der Waals surface area contributed by atoms with Crippen molar-refractivity contribution in [3.05, 3.63) is 57.8 Å². The number of hydrogen-bond acceptors (Lipinski definition) is 7. The van der Waals surface area contributed by atoms with E-state index in [1.807, 2.05) is 4.90 Å². The lowest BCUT2D eigenvalue weighted by molar-refractivity contribution is -0.384. The largest absolute Gasteiger partial charge is 0.465 e. The number of aromatic nitrogens is 1. The zero-order chi connectivity index (χ0) is 19.4. The molecule has 0 N–H and O–H groups in total. The molecular formula is C19H22N4O4. The van der Waals surface area contributed by atoms with E-state index in [-0.39, 0.29) is 11.3 Å². The van der Waals surface area contributed by atoms with E-state index < -0.39 is 10.9 Å². The molecule has 0 radical (unpaired) electrons. The number of esters is 1. The molecule has 1 aromatic heterocycles. The van der Waals surface area contributed by atoms with Crippen LogP contribution in [0, 0.1) is 17.0 Å². The molecule has 2 aromatic rings. The third-order valence-electron chi connectivity index (χ3n) is 4.66. The maximum absolute atomic E-state index is 11.6. The molecule has 0 saturated carbocycles. The zero-order valence-electron chi connectivity index (χ0n) is 15.4. The molecule has 0 bridgehead atoms. The highest BCUT2D eigenvalue weighted by Crippen LogP contribution is 2.28. The van der Waals surface area contributed by atoms with Crippen molar-refractivity contribution >= 4 is 23.2 Å². The van der Waals surface area contributed by atoms with Gasteiger partial charge in [0.25, 0.3) is 0 Å². The monoisotopic (exact) mass is 370 g/mol. The minimum atomic E-state index is -0.640. The molecular weight excluding hydrogens is 348 g/mol. The maximum Gasteiger partial charge on any atom is 0.339 e. The summed E-state index contributed by atoms with van der Waals surface area (Å²) in [5, 5.41) is 11.5. The van der Waals surface area contributed by atoms with Gasteiger partial charge in [0.1, 0.15) is 0 Å². The van der Waals surface area contributed by atoms with E-state index in [0.717, 1.165) is 25.2 Å². The number of nitro groups is 1. The Morgan fingerprint density at radius 1 is 1.15 bits per heavy atom. The number of pyridine rings is 1. The summed E-state index contributed by atoms with van der Waals surface area (Å²) in [5.74, 6) is -0.350. The van der Waals surface area contributed by atoms with E-state index in [4.69, 9.17) is 0 Å². The van der Waals surface area contributed by atoms with Crippen molar-refractivity contribution < 1.29 is 14.5 Å². The third kappa shape index (κ3) is 4.16. The van der Waals surface area contributed by atoms with Gasteiger partial charge >= 0.3 is 11.7 Å². The summed E-state index contributed by atoms with van der Waals surface area (Å²) in [7, 11) is 1.23. The first-order chi connectivity index (χ1) is 13.0. The van der Waals surface area contributed by atoms with Crippen molar-refractivity contribution in [1.82, 2.24) is 4.98 Å². The lowest BCUT2D eigenvalue weighted by atomic mass is 10.2. The van der Waals surface area contributed by atoms with Gasteiger partial charge in [0.05, 0.1) is 17.6 Å². The Morgan fingerprint density at radius 2 is 1.81 bits per heavy atom. The van der Waals surface area contributed by atoms with Gasteiger partial charge in [-0.05, 0) is 25.5 Å². The molecule has 8 heteroatoms. The number of nitrogens with zero attached hydrogens (tertiary/aromatic N) is 4. The number of carbonyl (C=O) groups excluding carboxylic acids is 1. The fourth-order valence-electron chi connectivity index (χ4n) is 3.20. The Balaban J connectivity index is 1.81. The van der Waals surface area contributed by atoms with Crippen LogP contribution in [0.2, 0.25) is 0 Å². The van der Waals surface area contributed by atoms with Gasteiger partial charge in [-0.3, -0.25) is 10.1 Å². The topological polar surface area (TPSA) is 88.8 Å². The average Bonchev–Trinajstić information content (AvgIpc) is 2.93. The van der Waals surface area contributed by atoms with E-state index in [1.165, 1.54) is 24.9 Å². The van der Waals surface area contributed by atoms with Crippen LogP contribution >= 0.6 is 0 Å². The SMILES string of the molecule is COC(=O)c1cnc(N2CCCN(c3ccc(C)cc3)CC2)c([N+](=O)[O-])c1. The van der Waals surface area contributed by atoms with Crippen LogP contribution in [0.4, 0.5) is 17.2 Å². The van der Waals surface area contributed by atoms with Crippen LogP contribution in [-0.4, -0.2) is 49.2 Å². The molecule has 2 heterocycles.